The molecule has 0 heterocycles. The molecule has 0 spiro atoms. The Labute approximate surface area is 106 Å². The molecule has 0 fully saturated rings. The van der Waals surface area contributed by atoms with E-state index in [1.165, 1.54) is 24.3 Å². The lowest BCUT2D eigenvalue weighted by Crippen LogP contribution is -2.17. The van der Waals surface area contributed by atoms with Crippen LogP contribution < -0.4 is 11.1 Å². The van der Waals surface area contributed by atoms with Gasteiger partial charge in [0.25, 0.3) is 0 Å². The Kier molecular flexibility index (Phi) is 5.52. The van der Waals surface area contributed by atoms with Crippen molar-refractivity contribution in [3.63, 3.8) is 0 Å². The SMILES string of the molecule is C=C(/C=C(\N)c1c(F)cccc1F)CNCCC. The molecule has 0 aliphatic carbocycles. The molecule has 0 unspecified atom stereocenters. The summed E-state index contributed by atoms with van der Waals surface area (Å²) >= 11 is 0. The lowest BCUT2D eigenvalue weighted by molar-refractivity contribution is 0.576. The standard InChI is InChI=1S/C14H18F2N2/c1-3-7-18-9-10(2)8-13(17)14-11(15)5-4-6-12(14)16/h4-6,8,18H,2-3,7,9,17H2,1H3/b13-8-. The van der Waals surface area contributed by atoms with Gasteiger partial charge in [-0.3, -0.25) is 0 Å². The van der Waals surface area contributed by atoms with Crippen LogP contribution in [0.25, 0.3) is 5.70 Å². The molecule has 0 bridgehead atoms. The third-order valence-corrected chi connectivity index (χ3v) is 2.39. The summed E-state index contributed by atoms with van der Waals surface area (Å²) in [6, 6.07) is 3.66. The molecule has 0 atom stereocenters. The molecular weight excluding hydrogens is 234 g/mol. The minimum absolute atomic E-state index is 0.0499. The van der Waals surface area contributed by atoms with Crippen LogP contribution in [-0.2, 0) is 0 Å². The van der Waals surface area contributed by atoms with E-state index in [9.17, 15) is 8.78 Å². The van der Waals surface area contributed by atoms with E-state index < -0.39 is 11.6 Å². The zero-order chi connectivity index (χ0) is 13.5. The van der Waals surface area contributed by atoms with Crippen molar-refractivity contribution in [1.82, 2.24) is 5.32 Å². The molecule has 0 aliphatic heterocycles. The second-order valence-electron chi connectivity index (χ2n) is 4.03. The summed E-state index contributed by atoms with van der Waals surface area (Å²) in [4.78, 5) is 0. The Balaban J connectivity index is 2.80. The van der Waals surface area contributed by atoms with Gasteiger partial charge in [0.15, 0.2) is 0 Å². The van der Waals surface area contributed by atoms with Gasteiger partial charge in [0.05, 0.1) is 5.56 Å². The van der Waals surface area contributed by atoms with Crippen LogP contribution in [0.4, 0.5) is 8.78 Å². The van der Waals surface area contributed by atoms with Crippen LogP contribution >= 0.6 is 0 Å². The lowest BCUT2D eigenvalue weighted by atomic mass is 10.1. The van der Waals surface area contributed by atoms with Gasteiger partial charge < -0.3 is 11.1 Å². The molecular formula is C14H18F2N2. The van der Waals surface area contributed by atoms with E-state index in [0.29, 0.717) is 12.1 Å². The molecule has 1 aromatic rings. The first-order chi connectivity index (χ1) is 8.56. The molecule has 0 aliphatic rings. The molecule has 0 amide bonds. The van der Waals surface area contributed by atoms with Crippen LogP contribution in [0.15, 0.2) is 36.4 Å². The number of halogens is 2. The van der Waals surface area contributed by atoms with E-state index in [1.54, 1.807) is 0 Å². The fourth-order valence-electron chi connectivity index (χ4n) is 1.54. The average molecular weight is 252 g/mol. The maximum Gasteiger partial charge on any atom is 0.135 e. The number of hydrogen-bond donors (Lipinski definition) is 2. The van der Waals surface area contributed by atoms with Crippen LogP contribution in [0.2, 0.25) is 0 Å². The summed E-state index contributed by atoms with van der Waals surface area (Å²) in [5, 5.41) is 3.13. The highest BCUT2D eigenvalue weighted by molar-refractivity contribution is 5.66. The second-order valence-corrected chi connectivity index (χ2v) is 4.03. The number of rotatable bonds is 6. The summed E-state index contributed by atoms with van der Waals surface area (Å²) < 4.78 is 26.9. The van der Waals surface area contributed by atoms with E-state index >= 15 is 0 Å². The quantitative estimate of drug-likeness (QED) is 0.603. The van der Waals surface area contributed by atoms with Crippen molar-refractivity contribution in [1.29, 1.82) is 0 Å². The first-order valence-electron chi connectivity index (χ1n) is 5.86. The lowest BCUT2D eigenvalue weighted by Gasteiger charge is -2.07. The van der Waals surface area contributed by atoms with Gasteiger partial charge in [0.1, 0.15) is 11.6 Å². The Bertz CT molecular complexity index is 433. The Morgan fingerprint density at radius 3 is 2.56 bits per heavy atom. The zero-order valence-electron chi connectivity index (χ0n) is 10.5. The smallest absolute Gasteiger partial charge is 0.135 e. The van der Waals surface area contributed by atoms with Gasteiger partial charge in [-0.1, -0.05) is 19.6 Å². The maximum atomic E-state index is 13.5. The van der Waals surface area contributed by atoms with Crippen molar-refractivity contribution in [3.05, 3.63) is 53.6 Å². The van der Waals surface area contributed by atoms with Gasteiger partial charge in [-0.25, -0.2) is 8.78 Å². The number of nitrogens with two attached hydrogens (primary N) is 1. The fourth-order valence-corrected chi connectivity index (χ4v) is 1.54. The second kappa shape index (κ2) is 6.91. The average Bonchev–Trinajstić information content (AvgIpc) is 2.29. The van der Waals surface area contributed by atoms with Crippen molar-refractivity contribution >= 4 is 5.70 Å². The number of benzene rings is 1. The Hall–Kier alpha value is -1.68. The van der Waals surface area contributed by atoms with Crippen molar-refractivity contribution in [3.8, 4) is 0 Å². The minimum Gasteiger partial charge on any atom is -0.398 e. The summed E-state index contributed by atoms with van der Waals surface area (Å²) in [6.45, 7) is 7.25. The highest BCUT2D eigenvalue weighted by atomic mass is 19.1. The highest BCUT2D eigenvalue weighted by Crippen LogP contribution is 2.18. The first kappa shape index (κ1) is 14.4. The van der Waals surface area contributed by atoms with Crippen molar-refractivity contribution in [2.75, 3.05) is 13.1 Å². The summed E-state index contributed by atoms with van der Waals surface area (Å²) in [5.74, 6) is -1.34. The molecule has 2 nitrogen and oxygen atoms in total. The Morgan fingerprint density at radius 2 is 2.00 bits per heavy atom. The minimum atomic E-state index is -0.668. The van der Waals surface area contributed by atoms with Gasteiger partial charge in [0, 0.05) is 12.2 Å². The van der Waals surface area contributed by atoms with E-state index in [0.717, 1.165) is 13.0 Å². The molecule has 18 heavy (non-hydrogen) atoms. The molecule has 0 aromatic heterocycles. The predicted molar refractivity (Wildman–Crippen MR) is 70.8 cm³/mol. The van der Waals surface area contributed by atoms with Crippen molar-refractivity contribution in [2.45, 2.75) is 13.3 Å². The van der Waals surface area contributed by atoms with Crippen LogP contribution in [0.5, 0.6) is 0 Å². The molecule has 1 rings (SSSR count). The van der Waals surface area contributed by atoms with Crippen LogP contribution in [0.1, 0.15) is 18.9 Å². The van der Waals surface area contributed by atoms with E-state index in [1.807, 2.05) is 0 Å². The molecule has 0 saturated carbocycles. The first-order valence-corrected chi connectivity index (χ1v) is 5.86. The largest absolute Gasteiger partial charge is 0.398 e. The monoisotopic (exact) mass is 252 g/mol. The maximum absolute atomic E-state index is 13.5. The molecule has 0 saturated heterocycles. The van der Waals surface area contributed by atoms with Gasteiger partial charge in [0.2, 0.25) is 0 Å². The summed E-state index contributed by atoms with van der Waals surface area (Å²) in [6.07, 6.45) is 2.50. The molecule has 0 radical (unpaired) electrons. The fraction of sp³-hybridized carbons (Fsp3) is 0.286. The zero-order valence-corrected chi connectivity index (χ0v) is 10.5. The topological polar surface area (TPSA) is 38.0 Å². The van der Waals surface area contributed by atoms with Gasteiger partial charge >= 0.3 is 0 Å². The third kappa shape index (κ3) is 3.96. The van der Waals surface area contributed by atoms with Gasteiger partial charge in [-0.2, -0.15) is 0 Å². The Morgan fingerprint density at radius 1 is 1.39 bits per heavy atom. The van der Waals surface area contributed by atoms with Gasteiger partial charge in [-0.05, 0) is 36.7 Å². The van der Waals surface area contributed by atoms with Crippen LogP contribution in [0.3, 0.4) is 0 Å². The predicted octanol–water partition coefficient (Wildman–Crippen LogP) is 2.82. The van der Waals surface area contributed by atoms with Crippen LogP contribution in [0, 0.1) is 11.6 Å². The van der Waals surface area contributed by atoms with E-state index in [4.69, 9.17) is 5.73 Å². The third-order valence-electron chi connectivity index (χ3n) is 2.39. The summed E-state index contributed by atoms with van der Waals surface area (Å²) in [7, 11) is 0. The van der Waals surface area contributed by atoms with Crippen LogP contribution in [-0.4, -0.2) is 13.1 Å². The number of nitrogens with one attached hydrogen (secondary N) is 1. The normalized spacial score (nSPS) is 11.6. The van der Waals surface area contributed by atoms with Crippen molar-refractivity contribution < 1.29 is 8.78 Å². The highest BCUT2D eigenvalue weighted by Gasteiger charge is 2.10. The van der Waals surface area contributed by atoms with Crippen molar-refractivity contribution in [2.24, 2.45) is 5.73 Å². The van der Waals surface area contributed by atoms with E-state index in [-0.39, 0.29) is 11.3 Å². The van der Waals surface area contributed by atoms with E-state index in [2.05, 4.69) is 18.8 Å². The number of hydrogen-bond acceptors (Lipinski definition) is 2. The summed E-state index contributed by atoms with van der Waals surface area (Å²) in [5.41, 5.74) is 6.23. The molecule has 98 valence electrons. The molecule has 3 N–H and O–H groups in total. The molecule has 4 heteroatoms. The molecule has 1 aromatic carbocycles. The van der Waals surface area contributed by atoms with Gasteiger partial charge in [-0.15, -0.1) is 0 Å².